The Bertz CT molecular complexity index is 409. The molecule has 0 aliphatic rings. The van der Waals surface area contributed by atoms with Gasteiger partial charge in [0.1, 0.15) is 12.5 Å². The molecule has 0 fully saturated rings. The molecule has 0 aromatic carbocycles. The van der Waals surface area contributed by atoms with Gasteiger partial charge in [-0.25, -0.2) is 0 Å². The van der Waals surface area contributed by atoms with Gasteiger partial charge in [0.25, 0.3) is 0 Å². The minimum absolute atomic E-state index is 0.602. The number of rotatable bonds is 14. The summed E-state index contributed by atoms with van der Waals surface area (Å²) in [6, 6.07) is 0. The van der Waals surface area contributed by atoms with E-state index in [1.807, 2.05) is 0 Å². The Labute approximate surface area is 142 Å². The van der Waals surface area contributed by atoms with Crippen LogP contribution >= 0.6 is 0 Å². The zero-order valence-electron chi connectivity index (χ0n) is 13.1. The summed E-state index contributed by atoms with van der Waals surface area (Å²) in [4.78, 5) is 0. The molecule has 0 saturated carbocycles. The first-order valence-corrected chi connectivity index (χ1v) is 7.03. The van der Waals surface area contributed by atoms with Crippen molar-refractivity contribution in [3.63, 3.8) is 0 Å². The summed E-state index contributed by atoms with van der Waals surface area (Å²) in [5.41, 5.74) is 0. The second-order valence-corrected chi connectivity index (χ2v) is 5.07. The lowest BCUT2D eigenvalue weighted by atomic mass is 10.3. The highest BCUT2D eigenvalue weighted by Crippen LogP contribution is 2.40. The van der Waals surface area contributed by atoms with Crippen LogP contribution in [0.3, 0.4) is 0 Å². The molecule has 0 aromatic heterocycles. The molecule has 0 saturated heterocycles. The van der Waals surface area contributed by atoms with Crippen molar-refractivity contribution in [3.8, 4) is 0 Å². The third-order valence-corrected chi connectivity index (χ3v) is 2.47. The number of ether oxygens (including phenoxy) is 3. The number of hydrogen-bond donors (Lipinski definition) is 3. The van der Waals surface area contributed by atoms with Gasteiger partial charge in [0.05, 0.1) is 39.3 Å². The maximum absolute atomic E-state index is 13.2. The first-order chi connectivity index (χ1) is 11.6. The van der Waals surface area contributed by atoms with E-state index in [9.17, 15) is 35.1 Å². The highest BCUT2D eigenvalue weighted by atomic mass is 19.3. The van der Waals surface area contributed by atoms with Gasteiger partial charge in [-0.1, -0.05) is 0 Å². The molecule has 0 aromatic rings. The maximum Gasteiger partial charge on any atom is 0.368 e. The van der Waals surface area contributed by atoms with Gasteiger partial charge in [-0.05, 0) is 0 Å². The molecule has 3 N–H and O–H groups in total. The van der Waals surface area contributed by atoms with Crippen molar-refractivity contribution in [1.29, 1.82) is 0 Å². The van der Waals surface area contributed by atoms with E-state index in [0.29, 0.717) is 0 Å². The first kappa shape index (κ1) is 25.2. The van der Waals surface area contributed by atoms with E-state index in [2.05, 4.69) is 14.2 Å². The van der Waals surface area contributed by atoms with Crippen LogP contribution < -0.4 is 0 Å². The molecule has 0 aliphatic heterocycles. The molecule has 0 radical (unpaired) electrons. The fourth-order valence-electron chi connectivity index (χ4n) is 1.44. The van der Waals surface area contributed by atoms with Crippen LogP contribution in [0.4, 0.5) is 35.1 Å². The molecule has 26 heavy (non-hydrogen) atoms. The summed E-state index contributed by atoms with van der Waals surface area (Å²) in [5.74, 6) is 0. The number of hydrogen-bond acceptors (Lipinski definition) is 6. The Kier molecular flexibility index (Phi) is 9.63. The topological polar surface area (TPSA) is 88.4 Å². The Morgan fingerprint density at radius 1 is 0.731 bits per heavy atom. The quantitative estimate of drug-likeness (QED) is 0.300. The summed E-state index contributed by atoms with van der Waals surface area (Å²) in [5, 5.41) is 25.5. The first-order valence-electron chi connectivity index (χ1n) is 7.03. The van der Waals surface area contributed by atoms with E-state index in [0.717, 1.165) is 0 Å². The number of alkyl halides is 8. The van der Waals surface area contributed by atoms with Gasteiger partial charge >= 0.3 is 24.4 Å². The molecule has 1 atom stereocenters. The van der Waals surface area contributed by atoms with E-state index in [1.165, 1.54) is 0 Å². The molecular formula is C12H18F8O6. The van der Waals surface area contributed by atoms with Gasteiger partial charge in [0.2, 0.25) is 0 Å². The lowest BCUT2D eigenvalue weighted by molar-refractivity contribution is -0.432. The van der Waals surface area contributed by atoms with E-state index in [1.54, 1.807) is 0 Å². The van der Waals surface area contributed by atoms with Crippen molar-refractivity contribution in [2.75, 3.05) is 26.4 Å². The van der Waals surface area contributed by atoms with Gasteiger partial charge in [0, 0.05) is 0 Å². The second-order valence-electron chi connectivity index (χ2n) is 5.07. The summed E-state index contributed by atoms with van der Waals surface area (Å²) >= 11 is 0. The molecule has 0 rings (SSSR count). The van der Waals surface area contributed by atoms with Crippen LogP contribution in [-0.2, 0) is 14.2 Å². The van der Waals surface area contributed by atoms with E-state index < -0.39 is 76.2 Å². The molecule has 6 nitrogen and oxygen atoms in total. The van der Waals surface area contributed by atoms with Crippen LogP contribution in [0, 0.1) is 0 Å². The molecule has 14 heteroatoms. The molecular weight excluding hydrogens is 392 g/mol. The highest BCUT2D eigenvalue weighted by molar-refractivity contribution is 4.68. The van der Waals surface area contributed by atoms with Crippen LogP contribution in [0.5, 0.6) is 0 Å². The summed E-state index contributed by atoms with van der Waals surface area (Å²) in [6.45, 7) is -3.59. The van der Waals surface area contributed by atoms with Crippen molar-refractivity contribution in [2.45, 2.75) is 49.8 Å². The summed E-state index contributed by atoms with van der Waals surface area (Å²) in [7, 11) is 0. The Balaban J connectivity index is 4.59. The number of aliphatic hydroxyl groups is 3. The summed E-state index contributed by atoms with van der Waals surface area (Å²) in [6.07, 6.45) is -27.3. The van der Waals surface area contributed by atoms with Gasteiger partial charge in [0.15, 0.2) is 0 Å². The largest absolute Gasteiger partial charge is 0.396 e. The highest BCUT2D eigenvalue weighted by Gasteiger charge is 2.54. The number of halogens is 8. The zero-order chi connectivity index (χ0) is 20.6. The van der Waals surface area contributed by atoms with Crippen LogP contribution in [-0.4, -0.2) is 72.3 Å². The van der Waals surface area contributed by atoms with Crippen molar-refractivity contribution >= 4 is 0 Å². The molecule has 0 heterocycles. The average Bonchev–Trinajstić information content (AvgIpc) is 2.38. The monoisotopic (exact) mass is 410 g/mol. The lowest BCUT2D eigenvalue weighted by Gasteiger charge is -2.28. The summed E-state index contributed by atoms with van der Waals surface area (Å²) < 4.78 is 115. The molecule has 0 amide bonds. The van der Waals surface area contributed by atoms with Crippen molar-refractivity contribution in [1.82, 2.24) is 0 Å². The standard InChI is InChI=1S/C12H18F8O6/c13-9(14,1-3-21)25-11(17,18)7-12(19,20)26-10(15,16)2-4-24-6-8(23)5-22/h8,21-23H,1-7H2. The zero-order valence-corrected chi connectivity index (χ0v) is 13.1. The van der Waals surface area contributed by atoms with Crippen molar-refractivity contribution in [2.24, 2.45) is 0 Å². The Morgan fingerprint density at radius 2 is 1.19 bits per heavy atom. The van der Waals surface area contributed by atoms with Gasteiger partial charge in [-0.3, -0.25) is 9.47 Å². The van der Waals surface area contributed by atoms with Gasteiger partial charge < -0.3 is 20.1 Å². The van der Waals surface area contributed by atoms with E-state index in [-0.39, 0.29) is 0 Å². The third kappa shape index (κ3) is 11.7. The Morgan fingerprint density at radius 3 is 1.62 bits per heavy atom. The lowest BCUT2D eigenvalue weighted by Crippen LogP contribution is -2.42. The normalized spacial score (nSPS) is 15.3. The minimum Gasteiger partial charge on any atom is -0.396 e. The maximum atomic E-state index is 13.2. The van der Waals surface area contributed by atoms with Gasteiger partial charge in [-0.2, -0.15) is 35.1 Å². The molecule has 1 unspecified atom stereocenters. The fourth-order valence-corrected chi connectivity index (χ4v) is 1.44. The predicted molar refractivity (Wildman–Crippen MR) is 66.8 cm³/mol. The third-order valence-electron chi connectivity index (χ3n) is 2.47. The van der Waals surface area contributed by atoms with Crippen LogP contribution in [0.15, 0.2) is 0 Å². The van der Waals surface area contributed by atoms with E-state index in [4.69, 9.17) is 15.3 Å². The average molecular weight is 410 g/mol. The second kappa shape index (κ2) is 9.94. The molecule has 158 valence electrons. The smallest absolute Gasteiger partial charge is 0.368 e. The van der Waals surface area contributed by atoms with Crippen LogP contribution in [0.2, 0.25) is 0 Å². The molecule has 0 spiro atoms. The predicted octanol–water partition coefficient (Wildman–Crippen LogP) is 1.92. The SMILES string of the molecule is OCCC(F)(F)OC(F)(F)CC(F)(F)OC(F)(F)CCOCC(O)CO. The Hall–Kier alpha value is -0.800. The van der Waals surface area contributed by atoms with Crippen molar-refractivity contribution in [3.05, 3.63) is 0 Å². The minimum atomic E-state index is -5.24. The van der Waals surface area contributed by atoms with Gasteiger partial charge in [-0.15, -0.1) is 0 Å². The van der Waals surface area contributed by atoms with E-state index >= 15 is 0 Å². The fraction of sp³-hybridized carbons (Fsp3) is 1.00. The molecule has 0 aliphatic carbocycles. The van der Waals surface area contributed by atoms with Crippen molar-refractivity contribution < 1.29 is 64.7 Å². The van der Waals surface area contributed by atoms with Crippen LogP contribution in [0.25, 0.3) is 0 Å². The number of aliphatic hydroxyl groups excluding tert-OH is 3. The van der Waals surface area contributed by atoms with Crippen LogP contribution in [0.1, 0.15) is 19.3 Å². The molecule has 0 bridgehead atoms.